The Morgan fingerprint density at radius 3 is 1.82 bits per heavy atom. The zero-order valence-electron chi connectivity index (χ0n) is 7.93. The quantitative estimate of drug-likeness (QED) is 0.626. The van der Waals surface area contributed by atoms with E-state index in [4.69, 9.17) is 0 Å². The molecule has 0 fully saturated rings. The van der Waals surface area contributed by atoms with Gasteiger partial charge >= 0.3 is 0 Å². The van der Waals surface area contributed by atoms with E-state index in [9.17, 15) is 0 Å². The zero-order chi connectivity index (χ0) is 9.28. The number of hydrogen-bond acceptors (Lipinski definition) is 2. The summed E-state index contributed by atoms with van der Waals surface area (Å²) in [5.74, 6) is 0. The van der Waals surface area contributed by atoms with Gasteiger partial charge in [0, 0.05) is 18.8 Å². The summed E-state index contributed by atoms with van der Waals surface area (Å²) in [5, 5.41) is 0. The van der Waals surface area contributed by atoms with E-state index in [1.807, 2.05) is 0 Å². The Morgan fingerprint density at radius 1 is 1.36 bits per heavy atom. The molecular weight excluding hydrogens is 136 g/mol. The Balaban J connectivity index is 0. The highest BCUT2D eigenvalue weighted by Crippen LogP contribution is 1.99. The molecule has 0 heterocycles. The van der Waals surface area contributed by atoms with Crippen LogP contribution in [-0.2, 0) is 0 Å². The Morgan fingerprint density at radius 2 is 1.73 bits per heavy atom. The van der Waals surface area contributed by atoms with E-state index in [1.165, 1.54) is 7.05 Å². The lowest BCUT2D eigenvalue weighted by atomic mass is 10.4. The normalized spacial score (nSPS) is 7.64. The molecule has 0 atom stereocenters. The molecular formula is C9H20N2. The minimum atomic E-state index is 1.01. The van der Waals surface area contributed by atoms with Gasteiger partial charge in [-0.05, 0) is 27.0 Å². The third-order valence-electron chi connectivity index (χ3n) is 1.41. The van der Waals surface area contributed by atoms with Gasteiger partial charge in [-0.25, -0.2) is 0 Å². The Labute approximate surface area is 70.4 Å². The smallest absolute Gasteiger partial charge is 0.0286 e. The molecule has 0 rings (SSSR count). The summed E-state index contributed by atoms with van der Waals surface area (Å²) < 4.78 is 0. The Kier molecular flexibility index (Phi) is 10.8. The van der Waals surface area contributed by atoms with Gasteiger partial charge in [0.15, 0.2) is 0 Å². The second kappa shape index (κ2) is 9.24. The van der Waals surface area contributed by atoms with Crippen LogP contribution in [0.3, 0.4) is 0 Å². The number of allylic oxidation sites excluding steroid dienone is 1. The van der Waals surface area contributed by atoms with Crippen molar-refractivity contribution in [3.63, 3.8) is 0 Å². The fourth-order valence-corrected chi connectivity index (χ4v) is 0.759. The molecule has 0 aliphatic rings. The van der Waals surface area contributed by atoms with Crippen LogP contribution in [0.1, 0.15) is 13.8 Å². The van der Waals surface area contributed by atoms with Gasteiger partial charge < -0.3 is 10.6 Å². The molecule has 0 bridgehead atoms. The second-order valence-corrected chi connectivity index (χ2v) is 1.87. The Bertz CT molecular complexity index is 104. The molecule has 0 aliphatic carbocycles. The summed E-state index contributed by atoms with van der Waals surface area (Å²) in [5.41, 5.74) is 5.51. The van der Waals surface area contributed by atoms with E-state index in [1.54, 1.807) is 6.08 Å². The summed E-state index contributed by atoms with van der Waals surface area (Å²) >= 11 is 0. The highest BCUT2D eigenvalue weighted by atomic mass is 15.1. The lowest BCUT2D eigenvalue weighted by Gasteiger charge is -2.20. The summed E-state index contributed by atoms with van der Waals surface area (Å²) in [6.07, 6.45) is 1.78. The largest absolute Gasteiger partial charge is 0.373 e. The molecule has 0 radical (unpaired) electrons. The maximum Gasteiger partial charge on any atom is 0.0286 e. The van der Waals surface area contributed by atoms with Crippen molar-refractivity contribution < 1.29 is 0 Å². The molecule has 0 saturated carbocycles. The number of likely N-dealkylation sites (N-methyl/N-ethyl adjacent to an activating group) is 1. The summed E-state index contributed by atoms with van der Waals surface area (Å²) in [6.45, 7) is 13.7. The van der Waals surface area contributed by atoms with Gasteiger partial charge in [0.25, 0.3) is 0 Å². The zero-order valence-corrected chi connectivity index (χ0v) is 7.93. The molecule has 2 N–H and O–H groups in total. The van der Waals surface area contributed by atoms with Gasteiger partial charge in [-0.3, -0.25) is 0 Å². The summed E-state index contributed by atoms with van der Waals surface area (Å²) in [6, 6.07) is 0. The van der Waals surface area contributed by atoms with Crippen LogP contribution < -0.4 is 5.73 Å². The number of nitrogens with zero attached hydrogens (tertiary/aromatic N) is 1. The SMILES string of the molecule is C=CC(=C)N(CC)CC.CN. The van der Waals surface area contributed by atoms with Gasteiger partial charge in [-0.15, -0.1) is 0 Å². The molecule has 0 spiro atoms. The first-order valence-corrected chi connectivity index (χ1v) is 3.90. The van der Waals surface area contributed by atoms with Crippen molar-refractivity contribution in [3.05, 3.63) is 24.9 Å². The standard InChI is InChI=1S/C8H15N.CH5N/c1-5-8(4)9(6-2)7-3;1-2/h5H,1,4,6-7H2,2-3H3;2H2,1H3. The maximum atomic E-state index is 4.50. The van der Waals surface area contributed by atoms with E-state index < -0.39 is 0 Å². The van der Waals surface area contributed by atoms with Crippen LogP contribution in [0.4, 0.5) is 0 Å². The monoisotopic (exact) mass is 156 g/mol. The van der Waals surface area contributed by atoms with E-state index in [2.05, 4.69) is 37.6 Å². The van der Waals surface area contributed by atoms with Crippen LogP contribution in [0.2, 0.25) is 0 Å². The van der Waals surface area contributed by atoms with E-state index in [0.717, 1.165) is 18.8 Å². The van der Waals surface area contributed by atoms with Gasteiger partial charge in [-0.2, -0.15) is 0 Å². The van der Waals surface area contributed by atoms with Gasteiger partial charge in [-0.1, -0.05) is 13.2 Å². The predicted octanol–water partition coefficient (Wildman–Crippen LogP) is 1.60. The lowest BCUT2D eigenvalue weighted by molar-refractivity contribution is 0.396. The van der Waals surface area contributed by atoms with E-state index >= 15 is 0 Å². The average Bonchev–Trinajstić information content (AvgIpc) is 2.10. The number of rotatable bonds is 4. The fraction of sp³-hybridized carbons (Fsp3) is 0.556. The third kappa shape index (κ3) is 5.67. The molecule has 11 heavy (non-hydrogen) atoms. The molecule has 0 amide bonds. The van der Waals surface area contributed by atoms with Crippen molar-refractivity contribution in [3.8, 4) is 0 Å². The van der Waals surface area contributed by atoms with Crippen LogP contribution in [-0.4, -0.2) is 25.0 Å². The van der Waals surface area contributed by atoms with Crippen molar-refractivity contribution in [1.29, 1.82) is 0 Å². The highest BCUT2D eigenvalue weighted by Gasteiger charge is 1.95. The fourth-order valence-electron chi connectivity index (χ4n) is 0.759. The van der Waals surface area contributed by atoms with Gasteiger partial charge in [0.1, 0.15) is 0 Å². The Hall–Kier alpha value is -0.760. The van der Waals surface area contributed by atoms with Crippen LogP contribution in [0.5, 0.6) is 0 Å². The first-order chi connectivity index (χ1) is 5.26. The van der Waals surface area contributed by atoms with E-state index in [0.29, 0.717) is 0 Å². The molecule has 2 nitrogen and oxygen atoms in total. The van der Waals surface area contributed by atoms with Crippen LogP contribution >= 0.6 is 0 Å². The van der Waals surface area contributed by atoms with Gasteiger partial charge in [0.2, 0.25) is 0 Å². The highest BCUT2D eigenvalue weighted by molar-refractivity contribution is 5.09. The molecule has 0 aromatic carbocycles. The van der Waals surface area contributed by atoms with Crippen molar-refractivity contribution in [2.75, 3.05) is 20.1 Å². The van der Waals surface area contributed by atoms with Crippen molar-refractivity contribution in [2.24, 2.45) is 5.73 Å². The van der Waals surface area contributed by atoms with Crippen LogP contribution in [0, 0.1) is 0 Å². The topological polar surface area (TPSA) is 29.3 Å². The second-order valence-electron chi connectivity index (χ2n) is 1.87. The number of nitrogens with two attached hydrogens (primary N) is 1. The average molecular weight is 156 g/mol. The first kappa shape index (κ1) is 12.9. The van der Waals surface area contributed by atoms with E-state index in [-0.39, 0.29) is 0 Å². The molecule has 2 heteroatoms. The van der Waals surface area contributed by atoms with Crippen molar-refractivity contribution in [2.45, 2.75) is 13.8 Å². The summed E-state index contributed by atoms with van der Waals surface area (Å²) in [4.78, 5) is 2.16. The number of hydrogen-bond donors (Lipinski definition) is 1. The molecule has 0 saturated heterocycles. The minimum absolute atomic E-state index is 1.01. The van der Waals surface area contributed by atoms with Crippen molar-refractivity contribution >= 4 is 0 Å². The maximum absolute atomic E-state index is 4.50. The van der Waals surface area contributed by atoms with Crippen LogP contribution in [0.15, 0.2) is 24.9 Å². The third-order valence-corrected chi connectivity index (χ3v) is 1.41. The molecule has 0 aromatic rings. The molecule has 0 aromatic heterocycles. The van der Waals surface area contributed by atoms with Crippen molar-refractivity contribution in [1.82, 2.24) is 4.90 Å². The summed E-state index contributed by atoms with van der Waals surface area (Å²) in [7, 11) is 1.50. The van der Waals surface area contributed by atoms with Gasteiger partial charge in [0.05, 0.1) is 0 Å². The molecule has 0 aliphatic heterocycles. The molecule has 66 valence electrons. The lowest BCUT2D eigenvalue weighted by Crippen LogP contribution is -2.19. The predicted molar refractivity (Wildman–Crippen MR) is 52.4 cm³/mol. The first-order valence-electron chi connectivity index (χ1n) is 3.90. The molecule has 0 unspecified atom stereocenters. The minimum Gasteiger partial charge on any atom is -0.373 e. The van der Waals surface area contributed by atoms with Crippen LogP contribution in [0.25, 0.3) is 0 Å².